The van der Waals surface area contributed by atoms with Gasteiger partial charge in [0.25, 0.3) is 0 Å². The molecule has 2 N–H and O–H groups in total. The average molecular weight is 379 g/mol. The lowest BCUT2D eigenvalue weighted by Crippen LogP contribution is -2.17. The highest BCUT2D eigenvalue weighted by molar-refractivity contribution is 6.15. The number of carbonyl (C=O) groups excluding carboxylic acids is 1. The van der Waals surface area contributed by atoms with Gasteiger partial charge in [0.2, 0.25) is 5.82 Å². The van der Waals surface area contributed by atoms with E-state index in [0.29, 0.717) is 19.1 Å². The third-order valence-corrected chi connectivity index (χ3v) is 3.79. The summed E-state index contributed by atoms with van der Waals surface area (Å²) in [4.78, 5) is 15.8. The highest BCUT2D eigenvalue weighted by Crippen LogP contribution is 2.39. The second kappa shape index (κ2) is 7.40. The number of rotatable bonds is 6. The number of ether oxygens (including phenoxy) is 1. The molecular weight excluding hydrogens is 365 g/mol. The molecule has 0 aliphatic heterocycles. The monoisotopic (exact) mass is 379 g/mol. The molecule has 0 saturated heterocycles. The predicted octanol–water partition coefficient (Wildman–Crippen LogP) is 2.81. The largest absolute Gasteiger partial charge is 0.506 e. The van der Waals surface area contributed by atoms with Gasteiger partial charge in [-0.3, -0.25) is 4.99 Å². The maximum Gasteiger partial charge on any atom is 0.343 e. The lowest BCUT2D eigenvalue weighted by atomic mass is 10.1. The van der Waals surface area contributed by atoms with Crippen LogP contribution in [-0.2, 0) is 9.53 Å². The van der Waals surface area contributed by atoms with E-state index in [1.165, 1.54) is 6.92 Å². The Morgan fingerprint density at radius 2 is 1.62 bits per heavy atom. The third kappa shape index (κ3) is 3.55. The normalized spacial score (nSPS) is 16.6. The number of esters is 1. The predicted molar refractivity (Wildman–Crippen MR) is 80.0 cm³/mol. The zero-order valence-corrected chi connectivity index (χ0v) is 13.5. The van der Waals surface area contributed by atoms with Gasteiger partial charge in [-0.2, -0.15) is 0 Å². The van der Waals surface area contributed by atoms with Crippen LogP contribution in [0.15, 0.2) is 10.6 Å². The molecule has 0 spiro atoms. The number of halogens is 5. The quantitative estimate of drug-likeness (QED) is 0.152. The SMILES string of the molecule is CCOC(=O)C(C=NC1(CO)CC1)=C(O)c1c(F)c(F)c(F)c(F)c1F. The Labute approximate surface area is 144 Å². The molecule has 1 saturated carbocycles. The fourth-order valence-corrected chi connectivity index (χ4v) is 2.04. The van der Waals surface area contributed by atoms with Crippen molar-refractivity contribution in [1.29, 1.82) is 0 Å². The van der Waals surface area contributed by atoms with E-state index in [0.717, 1.165) is 0 Å². The lowest BCUT2D eigenvalue weighted by Gasteiger charge is -2.11. The molecule has 0 heterocycles. The van der Waals surface area contributed by atoms with Gasteiger partial charge in [-0.15, -0.1) is 0 Å². The molecule has 2 rings (SSSR count). The second-order valence-electron chi connectivity index (χ2n) is 5.57. The van der Waals surface area contributed by atoms with E-state index >= 15 is 0 Å². The summed E-state index contributed by atoms with van der Waals surface area (Å²) in [5.41, 5.74) is -3.49. The van der Waals surface area contributed by atoms with Gasteiger partial charge in [0.05, 0.1) is 24.3 Å². The Bertz CT molecular complexity index is 773. The first-order valence-electron chi connectivity index (χ1n) is 7.47. The molecule has 1 fully saturated rings. The topological polar surface area (TPSA) is 79.1 Å². The molecule has 0 radical (unpaired) electrons. The summed E-state index contributed by atoms with van der Waals surface area (Å²) >= 11 is 0. The summed E-state index contributed by atoms with van der Waals surface area (Å²) in [5.74, 6) is -14.4. The van der Waals surface area contributed by atoms with E-state index in [1.807, 2.05) is 0 Å². The molecule has 0 atom stereocenters. The molecule has 0 unspecified atom stereocenters. The van der Waals surface area contributed by atoms with Gasteiger partial charge in [-0.25, -0.2) is 26.7 Å². The Hall–Kier alpha value is -2.49. The van der Waals surface area contributed by atoms with Gasteiger partial charge in [-0.1, -0.05) is 0 Å². The zero-order valence-electron chi connectivity index (χ0n) is 13.5. The van der Waals surface area contributed by atoms with Crippen molar-refractivity contribution in [2.75, 3.05) is 13.2 Å². The minimum absolute atomic E-state index is 0.189. The molecule has 142 valence electrons. The summed E-state index contributed by atoms with van der Waals surface area (Å²) in [7, 11) is 0. The van der Waals surface area contributed by atoms with Crippen LogP contribution in [0.4, 0.5) is 22.0 Å². The van der Waals surface area contributed by atoms with Crippen LogP contribution in [0.3, 0.4) is 0 Å². The van der Waals surface area contributed by atoms with Crippen LogP contribution >= 0.6 is 0 Å². The Morgan fingerprint density at radius 1 is 1.12 bits per heavy atom. The maximum atomic E-state index is 13.9. The first kappa shape index (κ1) is 19.8. The number of aliphatic imine (C=N–C) groups is 1. The number of aliphatic hydroxyl groups is 2. The highest BCUT2D eigenvalue weighted by Gasteiger charge is 2.41. The first-order valence-corrected chi connectivity index (χ1v) is 7.47. The van der Waals surface area contributed by atoms with Crippen molar-refractivity contribution in [1.82, 2.24) is 0 Å². The molecular formula is C16H14F5NO4. The molecule has 5 nitrogen and oxygen atoms in total. The second-order valence-corrected chi connectivity index (χ2v) is 5.57. The van der Waals surface area contributed by atoms with E-state index in [-0.39, 0.29) is 13.2 Å². The summed E-state index contributed by atoms with van der Waals surface area (Å²) < 4.78 is 72.1. The first-order chi connectivity index (χ1) is 12.2. The van der Waals surface area contributed by atoms with Crippen LogP contribution in [0, 0.1) is 29.1 Å². The molecule has 0 bridgehead atoms. The van der Waals surface area contributed by atoms with Gasteiger partial charge < -0.3 is 14.9 Å². The van der Waals surface area contributed by atoms with Crippen LogP contribution in [0.25, 0.3) is 5.76 Å². The van der Waals surface area contributed by atoms with Gasteiger partial charge in [-0.05, 0) is 19.8 Å². The Kier molecular flexibility index (Phi) is 5.65. The molecule has 10 heteroatoms. The number of hydrogen-bond donors (Lipinski definition) is 2. The molecule has 26 heavy (non-hydrogen) atoms. The molecule has 1 aromatic rings. The average Bonchev–Trinajstić information content (AvgIpc) is 3.39. The maximum absolute atomic E-state index is 13.9. The minimum atomic E-state index is -2.40. The Balaban J connectivity index is 2.65. The number of carbonyl (C=O) groups is 1. The van der Waals surface area contributed by atoms with E-state index in [1.54, 1.807) is 0 Å². The van der Waals surface area contributed by atoms with Gasteiger partial charge in [0, 0.05) is 6.21 Å². The van der Waals surface area contributed by atoms with E-state index in [2.05, 4.69) is 9.73 Å². The third-order valence-electron chi connectivity index (χ3n) is 3.79. The number of aliphatic hydroxyl groups excluding tert-OH is 2. The van der Waals surface area contributed by atoms with Gasteiger partial charge in [0.15, 0.2) is 23.3 Å². The molecule has 0 aromatic heterocycles. The molecule has 1 aliphatic carbocycles. The summed E-state index contributed by atoms with van der Waals surface area (Å²) in [5, 5.41) is 19.2. The molecule has 0 amide bonds. The van der Waals surface area contributed by atoms with Crippen LogP contribution in [-0.4, -0.2) is 41.1 Å². The van der Waals surface area contributed by atoms with Crippen molar-refractivity contribution >= 4 is 17.9 Å². The molecule has 1 aromatic carbocycles. The van der Waals surface area contributed by atoms with Crippen LogP contribution in [0.1, 0.15) is 25.3 Å². The smallest absolute Gasteiger partial charge is 0.343 e. The zero-order chi connectivity index (χ0) is 19.6. The van der Waals surface area contributed by atoms with Crippen LogP contribution < -0.4 is 0 Å². The van der Waals surface area contributed by atoms with Crippen molar-refractivity contribution in [2.24, 2.45) is 4.99 Å². The van der Waals surface area contributed by atoms with Crippen LogP contribution in [0.2, 0.25) is 0 Å². The Morgan fingerprint density at radius 3 is 2.04 bits per heavy atom. The van der Waals surface area contributed by atoms with Gasteiger partial charge in [0.1, 0.15) is 11.3 Å². The fourth-order valence-electron chi connectivity index (χ4n) is 2.04. The minimum Gasteiger partial charge on any atom is -0.506 e. The standard InChI is InChI=1S/C16H14F5NO4/c1-2-26-15(25)7(5-22-16(6-23)3-4-16)14(24)8-9(17)11(19)13(21)12(20)10(8)18/h5,23-24H,2-4,6H2,1H3. The van der Waals surface area contributed by atoms with Crippen molar-refractivity contribution in [2.45, 2.75) is 25.3 Å². The van der Waals surface area contributed by atoms with Crippen molar-refractivity contribution in [3.05, 3.63) is 40.2 Å². The van der Waals surface area contributed by atoms with E-state index in [9.17, 15) is 37.0 Å². The summed E-state index contributed by atoms with van der Waals surface area (Å²) in [6.45, 7) is 0.826. The van der Waals surface area contributed by atoms with E-state index < -0.39 is 57.5 Å². The van der Waals surface area contributed by atoms with Crippen molar-refractivity contribution in [3.8, 4) is 0 Å². The van der Waals surface area contributed by atoms with E-state index in [4.69, 9.17) is 0 Å². The summed E-state index contributed by atoms with van der Waals surface area (Å²) in [6.07, 6.45) is 1.60. The van der Waals surface area contributed by atoms with Crippen LogP contribution in [0.5, 0.6) is 0 Å². The fraction of sp³-hybridized carbons (Fsp3) is 0.375. The number of benzene rings is 1. The molecule has 1 aliphatic rings. The van der Waals surface area contributed by atoms with Gasteiger partial charge >= 0.3 is 5.97 Å². The highest BCUT2D eigenvalue weighted by atomic mass is 19.2. The lowest BCUT2D eigenvalue weighted by molar-refractivity contribution is -0.137. The summed E-state index contributed by atoms with van der Waals surface area (Å²) in [6, 6.07) is 0. The van der Waals surface area contributed by atoms with Crippen molar-refractivity contribution < 1.29 is 41.7 Å². The number of hydrogen-bond acceptors (Lipinski definition) is 5. The number of nitrogens with zero attached hydrogens (tertiary/aromatic N) is 1. The van der Waals surface area contributed by atoms with Crippen molar-refractivity contribution in [3.63, 3.8) is 0 Å².